The summed E-state index contributed by atoms with van der Waals surface area (Å²) in [5.74, 6) is 1.52. The lowest BCUT2D eigenvalue weighted by Gasteiger charge is -2.25. The van der Waals surface area contributed by atoms with Crippen LogP contribution in [0.3, 0.4) is 0 Å². The third-order valence-corrected chi connectivity index (χ3v) is 5.72. The monoisotopic (exact) mass is 403 g/mol. The van der Waals surface area contributed by atoms with Crippen molar-refractivity contribution in [2.24, 2.45) is 7.05 Å². The molecule has 0 amide bonds. The molecule has 7 heteroatoms. The molecule has 6 nitrogen and oxygen atoms in total. The number of para-hydroxylation sites is 1. The second-order valence-corrected chi connectivity index (χ2v) is 7.61. The number of rotatable bonds is 3. The highest BCUT2D eigenvalue weighted by atomic mass is 35.5. The summed E-state index contributed by atoms with van der Waals surface area (Å²) in [6, 6.07) is 15.4. The van der Waals surface area contributed by atoms with E-state index in [1.54, 1.807) is 6.07 Å². The highest BCUT2D eigenvalue weighted by Crippen LogP contribution is 2.31. The van der Waals surface area contributed by atoms with Gasteiger partial charge in [0.2, 0.25) is 5.89 Å². The van der Waals surface area contributed by atoms with Crippen molar-refractivity contribution in [2.75, 3.05) is 6.54 Å². The molecule has 0 N–H and O–H groups in total. The predicted octanol–water partition coefficient (Wildman–Crippen LogP) is 4.31. The van der Waals surface area contributed by atoms with Crippen molar-refractivity contribution < 1.29 is 4.42 Å². The molecule has 29 heavy (non-hydrogen) atoms. The van der Waals surface area contributed by atoms with Gasteiger partial charge in [0.25, 0.3) is 0 Å². The van der Waals surface area contributed by atoms with Crippen LogP contribution in [-0.4, -0.2) is 26.0 Å². The Morgan fingerprint density at radius 3 is 2.86 bits per heavy atom. The Balaban J connectivity index is 1.42. The van der Waals surface area contributed by atoms with E-state index in [4.69, 9.17) is 21.0 Å². The Hall–Kier alpha value is -3.14. The maximum Gasteiger partial charge on any atom is 0.209 e. The Kier molecular flexibility index (Phi) is 4.35. The van der Waals surface area contributed by atoms with Crippen molar-refractivity contribution in [1.82, 2.24) is 19.4 Å². The molecular weight excluding hydrogens is 386 g/mol. The molecule has 2 aromatic heterocycles. The molecule has 0 atom stereocenters. The van der Waals surface area contributed by atoms with Gasteiger partial charge in [-0.25, -0.2) is 9.97 Å². The third-order valence-electron chi connectivity index (χ3n) is 5.39. The third kappa shape index (κ3) is 3.09. The molecule has 5 rings (SSSR count). The van der Waals surface area contributed by atoms with Gasteiger partial charge in [-0.1, -0.05) is 29.8 Å². The summed E-state index contributed by atoms with van der Waals surface area (Å²) in [5.41, 5.74) is 5.06. The fourth-order valence-electron chi connectivity index (χ4n) is 3.90. The number of imidazole rings is 1. The number of nitrogens with zero attached hydrogens (tertiary/aromatic N) is 5. The van der Waals surface area contributed by atoms with Gasteiger partial charge < -0.3 is 8.98 Å². The second kappa shape index (κ2) is 7.03. The van der Waals surface area contributed by atoms with Crippen molar-refractivity contribution in [1.29, 1.82) is 5.26 Å². The quantitative estimate of drug-likeness (QED) is 0.509. The predicted molar refractivity (Wildman–Crippen MR) is 110 cm³/mol. The van der Waals surface area contributed by atoms with E-state index in [2.05, 4.69) is 20.5 Å². The maximum atomic E-state index is 9.26. The number of aromatic nitrogens is 3. The summed E-state index contributed by atoms with van der Waals surface area (Å²) < 4.78 is 8.01. The number of benzene rings is 2. The zero-order chi connectivity index (χ0) is 20.0. The molecule has 0 saturated carbocycles. The highest BCUT2D eigenvalue weighted by Gasteiger charge is 2.25. The van der Waals surface area contributed by atoms with Gasteiger partial charge in [0, 0.05) is 32.1 Å². The normalized spacial score (nSPS) is 14.1. The molecule has 144 valence electrons. The molecule has 0 radical (unpaired) electrons. The first-order chi connectivity index (χ1) is 14.1. The van der Waals surface area contributed by atoms with Gasteiger partial charge in [0.1, 0.15) is 17.4 Å². The molecule has 0 bridgehead atoms. The van der Waals surface area contributed by atoms with Crippen LogP contribution < -0.4 is 0 Å². The lowest BCUT2D eigenvalue weighted by Crippen LogP contribution is -2.31. The first-order valence-corrected chi connectivity index (χ1v) is 9.82. The van der Waals surface area contributed by atoms with Crippen LogP contribution in [0.15, 0.2) is 46.9 Å². The minimum absolute atomic E-state index is 0.537. The zero-order valence-corrected chi connectivity index (χ0v) is 16.6. The zero-order valence-electron chi connectivity index (χ0n) is 15.9. The van der Waals surface area contributed by atoms with E-state index in [9.17, 15) is 5.26 Å². The van der Waals surface area contributed by atoms with Crippen molar-refractivity contribution in [3.05, 3.63) is 70.3 Å². The fourth-order valence-corrected chi connectivity index (χ4v) is 4.12. The second-order valence-electron chi connectivity index (χ2n) is 7.20. The van der Waals surface area contributed by atoms with Crippen molar-refractivity contribution in [2.45, 2.75) is 19.5 Å². The minimum Gasteiger partial charge on any atom is -0.439 e. The smallest absolute Gasteiger partial charge is 0.209 e. The first kappa shape index (κ1) is 17.9. The number of fused-ring (bicyclic) bond motifs is 2. The molecule has 3 heterocycles. The largest absolute Gasteiger partial charge is 0.439 e. The molecule has 0 saturated heterocycles. The standard InChI is InChI=1S/C22H18ClN5O/c1-27-18-12-28(13-20-26-21-14(11-24)5-4-8-19(21)29-20)10-9-17(18)25-22(27)15-6-2-3-7-16(15)23/h2-8H,9-10,12-13H2,1H3. The van der Waals surface area contributed by atoms with E-state index in [0.717, 1.165) is 36.6 Å². The molecule has 4 aromatic rings. The molecule has 0 spiro atoms. The summed E-state index contributed by atoms with van der Waals surface area (Å²) in [6.45, 7) is 2.22. The van der Waals surface area contributed by atoms with Gasteiger partial charge in [-0.05, 0) is 24.3 Å². The van der Waals surface area contributed by atoms with Crippen LogP contribution in [0, 0.1) is 11.3 Å². The first-order valence-electron chi connectivity index (χ1n) is 9.44. The van der Waals surface area contributed by atoms with E-state index in [0.29, 0.717) is 34.1 Å². The van der Waals surface area contributed by atoms with E-state index in [1.165, 1.54) is 5.69 Å². The Labute approximate surface area is 173 Å². The number of hydrogen-bond acceptors (Lipinski definition) is 5. The summed E-state index contributed by atoms with van der Waals surface area (Å²) in [6.07, 6.45) is 0.858. The molecule has 1 aliphatic heterocycles. The molecule has 1 aliphatic rings. The van der Waals surface area contributed by atoms with Crippen LogP contribution in [-0.2, 0) is 26.6 Å². The number of hydrogen-bond donors (Lipinski definition) is 0. The van der Waals surface area contributed by atoms with Gasteiger partial charge in [-0.2, -0.15) is 5.26 Å². The maximum absolute atomic E-state index is 9.26. The summed E-state index contributed by atoms with van der Waals surface area (Å²) in [4.78, 5) is 11.7. The number of oxazole rings is 1. The van der Waals surface area contributed by atoms with E-state index in [-0.39, 0.29) is 0 Å². The van der Waals surface area contributed by atoms with Crippen LogP contribution >= 0.6 is 11.6 Å². The van der Waals surface area contributed by atoms with Crippen LogP contribution in [0.4, 0.5) is 0 Å². The lowest BCUT2D eigenvalue weighted by atomic mass is 10.1. The topological polar surface area (TPSA) is 70.9 Å². The fraction of sp³-hybridized carbons (Fsp3) is 0.227. The van der Waals surface area contributed by atoms with Crippen LogP contribution in [0.2, 0.25) is 5.02 Å². The Morgan fingerprint density at radius 2 is 2.03 bits per heavy atom. The SMILES string of the molecule is Cn1c(-c2ccccc2Cl)nc2c1CN(Cc1nc3c(C#N)cccc3o1)CC2. The number of nitriles is 1. The van der Waals surface area contributed by atoms with E-state index in [1.807, 2.05) is 43.4 Å². The molecule has 0 unspecified atom stereocenters. The average Bonchev–Trinajstić information content (AvgIpc) is 3.29. The molecule has 2 aromatic carbocycles. The van der Waals surface area contributed by atoms with Gasteiger partial charge in [-0.15, -0.1) is 0 Å². The van der Waals surface area contributed by atoms with E-state index >= 15 is 0 Å². The molecule has 0 fully saturated rings. The molecule has 0 aliphatic carbocycles. The minimum atomic E-state index is 0.537. The van der Waals surface area contributed by atoms with Gasteiger partial charge in [-0.3, -0.25) is 4.90 Å². The number of halogens is 1. The Morgan fingerprint density at radius 1 is 1.17 bits per heavy atom. The lowest BCUT2D eigenvalue weighted by molar-refractivity contribution is 0.217. The van der Waals surface area contributed by atoms with Gasteiger partial charge in [0.15, 0.2) is 5.58 Å². The Bertz CT molecular complexity index is 1270. The molecular formula is C22H18ClN5O. The van der Waals surface area contributed by atoms with Gasteiger partial charge >= 0.3 is 0 Å². The van der Waals surface area contributed by atoms with Crippen LogP contribution in [0.1, 0.15) is 22.8 Å². The summed E-state index contributed by atoms with van der Waals surface area (Å²) >= 11 is 6.39. The van der Waals surface area contributed by atoms with Crippen LogP contribution in [0.25, 0.3) is 22.5 Å². The average molecular weight is 404 g/mol. The summed E-state index contributed by atoms with van der Waals surface area (Å²) in [7, 11) is 2.03. The summed E-state index contributed by atoms with van der Waals surface area (Å²) in [5, 5.41) is 9.96. The van der Waals surface area contributed by atoms with Crippen molar-refractivity contribution >= 4 is 22.7 Å². The van der Waals surface area contributed by atoms with Crippen LogP contribution in [0.5, 0.6) is 0 Å². The van der Waals surface area contributed by atoms with Crippen molar-refractivity contribution in [3.63, 3.8) is 0 Å². The highest BCUT2D eigenvalue weighted by molar-refractivity contribution is 6.33. The van der Waals surface area contributed by atoms with Crippen molar-refractivity contribution in [3.8, 4) is 17.5 Å². The van der Waals surface area contributed by atoms with Gasteiger partial charge in [0.05, 0.1) is 28.5 Å². The van der Waals surface area contributed by atoms with E-state index < -0.39 is 0 Å².